The van der Waals surface area contributed by atoms with Gasteiger partial charge in [-0.3, -0.25) is 0 Å². The monoisotopic (exact) mass is 290 g/mol. The zero-order chi connectivity index (χ0) is 15.7. The van der Waals surface area contributed by atoms with Crippen molar-refractivity contribution in [3.8, 4) is 5.75 Å². The van der Waals surface area contributed by atoms with Crippen LogP contribution in [0.2, 0.25) is 0 Å². The Bertz CT molecular complexity index is 421. The van der Waals surface area contributed by atoms with E-state index < -0.39 is 0 Å². The second kappa shape index (κ2) is 9.59. The second-order valence-electron chi connectivity index (χ2n) is 5.91. The van der Waals surface area contributed by atoms with Crippen molar-refractivity contribution in [1.29, 1.82) is 0 Å². The van der Waals surface area contributed by atoms with Crippen molar-refractivity contribution in [2.75, 3.05) is 33.8 Å². The summed E-state index contributed by atoms with van der Waals surface area (Å²) in [6, 6.07) is 8.86. The number of rotatable bonds is 9. The molecule has 0 amide bonds. The molecule has 0 atom stereocenters. The van der Waals surface area contributed by atoms with Crippen LogP contribution in [0.4, 0.5) is 0 Å². The van der Waals surface area contributed by atoms with Crippen molar-refractivity contribution in [3.05, 3.63) is 35.4 Å². The summed E-state index contributed by atoms with van der Waals surface area (Å²) in [7, 11) is 4.10. The summed E-state index contributed by atoms with van der Waals surface area (Å²) in [5, 5.41) is 3.47. The largest absolute Gasteiger partial charge is 0.492 e. The maximum atomic E-state index is 5.71. The highest BCUT2D eigenvalue weighted by atomic mass is 16.5. The molecule has 1 rings (SSSR count). The number of likely N-dealkylation sites (N-methyl/N-ethyl adjacent to an activating group) is 1. The fraction of sp³-hybridized carbons (Fsp3) is 0.556. The lowest BCUT2D eigenvalue weighted by atomic mass is 10.1. The molecular formula is C18H30N2O. The molecule has 0 bridgehead atoms. The number of hydrogen-bond donors (Lipinski definition) is 1. The molecule has 0 saturated heterocycles. The average molecular weight is 290 g/mol. The fourth-order valence-corrected chi connectivity index (χ4v) is 1.86. The molecule has 0 heterocycles. The van der Waals surface area contributed by atoms with Gasteiger partial charge < -0.3 is 15.0 Å². The number of ether oxygens (including phenoxy) is 1. The lowest BCUT2D eigenvalue weighted by Crippen LogP contribution is -2.24. The summed E-state index contributed by atoms with van der Waals surface area (Å²) >= 11 is 0. The quantitative estimate of drug-likeness (QED) is 0.754. The first-order valence-corrected chi connectivity index (χ1v) is 7.81. The lowest BCUT2D eigenvalue weighted by molar-refractivity contribution is 0.261. The van der Waals surface area contributed by atoms with E-state index in [-0.39, 0.29) is 0 Å². The third-order valence-electron chi connectivity index (χ3n) is 3.25. The van der Waals surface area contributed by atoms with E-state index in [1.165, 1.54) is 11.1 Å². The van der Waals surface area contributed by atoms with Crippen LogP contribution >= 0.6 is 0 Å². The standard InChI is InChI=1S/C18H30N2O/c1-6-16(14-19-15(2)3)13-17-7-9-18(10-8-17)21-12-11-20(4)5/h7-10,13,15,19H,6,11-12,14H2,1-5H3. The summed E-state index contributed by atoms with van der Waals surface area (Å²) in [6.45, 7) is 9.16. The second-order valence-corrected chi connectivity index (χ2v) is 5.91. The van der Waals surface area contributed by atoms with Crippen LogP contribution in [-0.2, 0) is 0 Å². The third kappa shape index (κ3) is 7.88. The Morgan fingerprint density at radius 1 is 1.24 bits per heavy atom. The van der Waals surface area contributed by atoms with Gasteiger partial charge in [0.05, 0.1) is 0 Å². The van der Waals surface area contributed by atoms with Gasteiger partial charge in [0.2, 0.25) is 0 Å². The van der Waals surface area contributed by atoms with Gasteiger partial charge in [0.1, 0.15) is 12.4 Å². The molecule has 0 aliphatic heterocycles. The SMILES string of the molecule is CCC(=Cc1ccc(OCCN(C)C)cc1)CNC(C)C. The molecule has 118 valence electrons. The fourth-order valence-electron chi connectivity index (χ4n) is 1.86. The highest BCUT2D eigenvalue weighted by Crippen LogP contribution is 2.15. The van der Waals surface area contributed by atoms with Crippen molar-refractivity contribution < 1.29 is 4.74 Å². The van der Waals surface area contributed by atoms with Gasteiger partial charge in [-0.15, -0.1) is 0 Å². The maximum absolute atomic E-state index is 5.71. The Labute approximate surface area is 130 Å². The summed E-state index contributed by atoms with van der Waals surface area (Å²) in [5.41, 5.74) is 2.65. The zero-order valence-corrected chi connectivity index (χ0v) is 14.1. The molecule has 1 N–H and O–H groups in total. The van der Waals surface area contributed by atoms with Gasteiger partial charge in [0.25, 0.3) is 0 Å². The Hall–Kier alpha value is -1.32. The van der Waals surface area contributed by atoms with Crippen LogP contribution in [0.1, 0.15) is 32.8 Å². The molecule has 3 nitrogen and oxygen atoms in total. The molecule has 21 heavy (non-hydrogen) atoms. The summed E-state index contributed by atoms with van der Waals surface area (Å²) in [6.07, 6.45) is 3.33. The number of hydrogen-bond acceptors (Lipinski definition) is 3. The molecule has 0 saturated carbocycles. The van der Waals surface area contributed by atoms with Crippen LogP contribution in [0.15, 0.2) is 29.8 Å². The highest BCUT2D eigenvalue weighted by Gasteiger charge is 1.99. The Morgan fingerprint density at radius 3 is 2.43 bits per heavy atom. The van der Waals surface area contributed by atoms with Gasteiger partial charge in [0, 0.05) is 19.1 Å². The molecule has 0 fully saturated rings. The van der Waals surface area contributed by atoms with Gasteiger partial charge in [-0.05, 0) is 38.2 Å². The van der Waals surface area contributed by atoms with Crippen LogP contribution in [0, 0.1) is 0 Å². The van der Waals surface area contributed by atoms with Crippen molar-refractivity contribution in [2.45, 2.75) is 33.2 Å². The Morgan fingerprint density at radius 2 is 1.90 bits per heavy atom. The average Bonchev–Trinajstić information content (AvgIpc) is 2.44. The van der Waals surface area contributed by atoms with Gasteiger partial charge >= 0.3 is 0 Å². The number of nitrogens with one attached hydrogen (secondary N) is 1. The zero-order valence-electron chi connectivity index (χ0n) is 14.1. The Kier molecular flexibility index (Phi) is 8.09. The molecule has 0 radical (unpaired) electrons. The molecule has 0 unspecified atom stereocenters. The summed E-state index contributed by atoms with van der Waals surface area (Å²) in [4.78, 5) is 2.12. The van der Waals surface area contributed by atoms with E-state index in [0.717, 1.165) is 31.9 Å². The first-order valence-electron chi connectivity index (χ1n) is 7.81. The summed E-state index contributed by atoms with van der Waals surface area (Å²) < 4.78 is 5.71. The van der Waals surface area contributed by atoms with Gasteiger partial charge in [-0.2, -0.15) is 0 Å². The van der Waals surface area contributed by atoms with Crippen LogP contribution in [0.25, 0.3) is 6.08 Å². The van der Waals surface area contributed by atoms with Gasteiger partial charge in [-0.25, -0.2) is 0 Å². The van der Waals surface area contributed by atoms with Crippen molar-refractivity contribution >= 4 is 6.08 Å². The molecule has 1 aromatic rings. The molecule has 1 aromatic carbocycles. The van der Waals surface area contributed by atoms with Crippen LogP contribution in [-0.4, -0.2) is 44.7 Å². The Balaban J connectivity index is 2.55. The first kappa shape index (κ1) is 17.7. The van der Waals surface area contributed by atoms with E-state index in [0.29, 0.717) is 6.04 Å². The highest BCUT2D eigenvalue weighted by molar-refractivity contribution is 5.54. The predicted octanol–water partition coefficient (Wildman–Crippen LogP) is 3.42. The minimum Gasteiger partial charge on any atom is -0.492 e. The molecule has 0 aromatic heterocycles. The molecule has 0 aliphatic rings. The van der Waals surface area contributed by atoms with Crippen molar-refractivity contribution in [2.24, 2.45) is 0 Å². The van der Waals surface area contributed by atoms with Crippen molar-refractivity contribution in [3.63, 3.8) is 0 Å². The minimum atomic E-state index is 0.521. The lowest BCUT2D eigenvalue weighted by Gasteiger charge is -2.12. The van der Waals surface area contributed by atoms with E-state index in [1.54, 1.807) is 0 Å². The number of nitrogens with zero attached hydrogens (tertiary/aromatic N) is 1. The number of benzene rings is 1. The molecular weight excluding hydrogens is 260 g/mol. The predicted molar refractivity (Wildman–Crippen MR) is 91.9 cm³/mol. The van der Waals surface area contributed by atoms with Crippen LogP contribution < -0.4 is 10.1 Å². The third-order valence-corrected chi connectivity index (χ3v) is 3.25. The van der Waals surface area contributed by atoms with Crippen LogP contribution in [0.5, 0.6) is 5.75 Å². The normalized spacial score (nSPS) is 12.2. The van der Waals surface area contributed by atoms with E-state index in [1.807, 2.05) is 12.1 Å². The summed E-state index contributed by atoms with van der Waals surface area (Å²) in [5.74, 6) is 0.937. The first-order chi connectivity index (χ1) is 10.0. The molecule has 0 aliphatic carbocycles. The van der Waals surface area contributed by atoms with Gasteiger partial charge in [-0.1, -0.05) is 44.6 Å². The van der Waals surface area contributed by atoms with Crippen LogP contribution in [0.3, 0.4) is 0 Å². The minimum absolute atomic E-state index is 0.521. The van der Waals surface area contributed by atoms with Crippen molar-refractivity contribution in [1.82, 2.24) is 10.2 Å². The van der Waals surface area contributed by atoms with E-state index in [9.17, 15) is 0 Å². The van der Waals surface area contributed by atoms with E-state index in [2.05, 4.69) is 63.3 Å². The smallest absolute Gasteiger partial charge is 0.119 e. The topological polar surface area (TPSA) is 24.5 Å². The van der Waals surface area contributed by atoms with E-state index in [4.69, 9.17) is 4.74 Å². The maximum Gasteiger partial charge on any atom is 0.119 e. The van der Waals surface area contributed by atoms with Gasteiger partial charge in [0.15, 0.2) is 0 Å². The molecule has 0 spiro atoms. The van der Waals surface area contributed by atoms with E-state index >= 15 is 0 Å². The molecule has 3 heteroatoms.